The van der Waals surface area contributed by atoms with Gasteiger partial charge in [-0.1, -0.05) is 0 Å². The van der Waals surface area contributed by atoms with Crippen LogP contribution < -0.4 is 5.32 Å². The molecule has 4 heteroatoms. The molecule has 0 aromatic rings. The van der Waals surface area contributed by atoms with Crippen molar-refractivity contribution in [1.29, 1.82) is 0 Å². The first kappa shape index (κ1) is 10.8. The molecule has 1 aliphatic heterocycles. The van der Waals surface area contributed by atoms with E-state index < -0.39 is 5.60 Å². The Kier molecular flexibility index (Phi) is 2.67. The Morgan fingerprint density at radius 2 is 2.27 bits per heavy atom. The van der Waals surface area contributed by atoms with Crippen LogP contribution in [-0.2, 0) is 4.79 Å². The van der Waals surface area contributed by atoms with E-state index in [1.165, 1.54) is 0 Å². The molecule has 15 heavy (non-hydrogen) atoms. The standard InChI is InChI=1S/C11H18N2O2/c1-10(15)6-11(7-10,13-8-14)9-3-2-4-12-5-9/h9,12,15H,2-7H2,1H3. The molecule has 0 spiro atoms. The second kappa shape index (κ2) is 3.71. The molecule has 2 fully saturated rings. The van der Waals surface area contributed by atoms with Crippen molar-refractivity contribution in [3.8, 4) is 0 Å². The Hall–Kier alpha value is -0.700. The molecule has 0 aromatic carbocycles. The summed E-state index contributed by atoms with van der Waals surface area (Å²) in [6.07, 6.45) is 5.10. The zero-order chi connectivity index (χ0) is 10.9. The normalized spacial score (nSPS) is 45.3. The fourth-order valence-corrected chi connectivity index (χ4v) is 3.13. The highest BCUT2D eigenvalue weighted by Crippen LogP contribution is 2.50. The first-order valence-electron chi connectivity index (χ1n) is 5.60. The smallest absolute Gasteiger partial charge is 0.235 e. The minimum Gasteiger partial charge on any atom is -0.390 e. The van der Waals surface area contributed by atoms with Gasteiger partial charge in [-0.25, -0.2) is 4.79 Å². The van der Waals surface area contributed by atoms with E-state index in [2.05, 4.69) is 10.3 Å². The van der Waals surface area contributed by atoms with Gasteiger partial charge in [0.05, 0.1) is 11.1 Å². The Balaban J connectivity index is 2.10. The summed E-state index contributed by atoms with van der Waals surface area (Å²) < 4.78 is 0. The van der Waals surface area contributed by atoms with Crippen LogP contribution in [0.3, 0.4) is 0 Å². The summed E-state index contributed by atoms with van der Waals surface area (Å²) in [5.74, 6) is 0.382. The Bertz CT molecular complexity index is 281. The number of rotatable bonds is 2. The van der Waals surface area contributed by atoms with E-state index in [0.29, 0.717) is 18.8 Å². The van der Waals surface area contributed by atoms with Gasteiger partial charge in [-0.2, -0.15) is 4.99 Å². The van der Waals surface area contributed by atoms with E-state index in [0.717, 1.165) is 25.9 Å². The highest BCUT2D eigenvalue weighted by atomic mass is 16.3. The molecule has 1 unspecified atom stereocenters. The molecular formula is C11H18N2O2. The van der Waals surface area contributed by atoms with Crippen LogP contribution in [0.1, 0.15) is 32.6 Å². The lowest BCUT2D eigenvalue weighted by Gasteiger charge is -2.53. The molecule has 1 saturated heterocycles. The number of hydrogen-bond donors (Lipinski definition) is 2. The summed E-state index contributed by atoms with van der Waals surface area (Å²) in [4.78, 5) is 14.4. The number of nitrogens with zero attached hydrogens (tertiary/aromatic N) is 1. The van der Waals surface area contributed by atoms with Gasteiger partial charge in [-0.05, 0) is 32.2 Å². The summed E-state index contributed by atoms with van der Waals surface area (Å²) in [7, 11) is 0. The van der Waals surface area contributed by atoms with Gasteiger partial charge in [-0.3, -0.25) is 0 Å². The SMILES string of the molecule is CC1(O)CC(N=C=O)(C2CCCNC2)C1. The summed E-state index contributed by atoms with van der Waals surface area (Å²) in [6, 6.07) is 0. The van der Waals surface area contributed by atoms with Crippen molar-refractivity contribution < 1.29 is 9.90 Å². The highest BCUT2D eigenvalue weighted by molar-refractivity contribution is 5.37. The quantitative estimate of drug-likeness (QED) is 0.518. The molecule has 1 atom stereocenters. The molecule has 0 aromatic heterocycles. The number of aliphatic imine (C=N–C) groups is 1. The lowest BCUT2D eigenvalue weighted by molar-refractivity contribution is -0.0936. The predicted octanol–water partition coefficient (Wildman–Crippen LogP) is 0.605. The zero-order valence-electron chi connectivity index (χ0n) is 9.12. The number of nitrogens with one attached hydrogen (secondary N) is 1. The van der Waals surface area contributed by atoms with Crippen LogP contribution in [0.15, 0.2) is 4.99 Å². The largest absolute Gasteiger partial charge is 0.390 e. The highest BCUT2D eigenvalue weighted by Gasteiger charge is 2.55. The van der Waals surface area contributed by atoms with Crippen LogP contribution in [0, 0.1) is 5.92 Å². The molecule has 84 valence electrons. The first-order chi connectivity index (χ1) is 7.08. The lowest BCUT2D eigenvalue weighted by atomic mass is 9.59. The van der Waals surface area contributed by atoms with Gasteiger partial charge in [0.1, 0.15) is 0 Å². The van der Waals surface area contributed by atoms with Crippen molar-refractivity contribution in [1.82, 2.24) is 5.32 Å². The maximum atomic E-state index is 10.5. The lowest BCUT2D eigenvalue weighted by Crippen LogP contribution is -2.60. The molecule has 4 nitrogen and oxygen atoms in total. The molecule has 1 saturated carbocycles. The summed E-state index contributed by atoms with van der Waals surface area (Å²) in [6.45, 7) is 3.76. The molecule has 2 N–H and O–H groups in total. The number of isocyanates is 1. The van der Waals surface area contributed by atoms with Crippen LogP contribution in [0.25, 0.3) is 0 Å². The number of hydrogen-bond acceptors (Lipinski definition) is 4. The van der Waals surface area contributed by atoms with Crippen molar-refractivity contribution in [3.05, 3.63) is 0 Å². The second-order valence-corrected chi connectivity index (χ2v) is 5.20. The molecule has 1 aliphatic carbocycles. The third-order valence-corrected chi connectivity index (χ3v) is 3.70. The van der Waals surface area contributed by atoms with Gasteiger partial charge >= 0.3 is 0 Å². The molecule has 0 amide bonds. The molecule has 0 bridgehead atoms. The van der Waals surface area contributed by atoms with Gasteiger partial charge in [0.25, 0.3) is 0 Å². The van der Waals surface area contributed by atoms with E-state index in [4.69, 9.17) is 0 Å². The topological polar surface area (TPSA) is 61.7 Å². The Morgan fingerprint density at radius 1 is 1.53 bits per heavy atom. The van der Waals surface area contributed by atoms with E-state index in [-0.39, 0.29) is 5.54 Å². The van der Waals surface area contributed by atoms with Crippen LogP contribution in [-0.4, -0.2) is 35.4 Å². The van der Waals surface area contributed by atoms with Crippen LogP contribution in [0.2, 0.25) is 0 Å². The monoisotopic (exact) mass is 210 g/mol. The van der Waals surface area contributed by atoms with Crippen LogP contribution in [0.4, 0.5) is 0 Å². The minimum atomic E-state index is -0.641. The molecule has 1 heterocycles. The van der Waals surface area contributed by atoms with E-state index in [1.807, 2.05) is 6.92 Å². The van der Waals surface area contributed by atoms with Gasteiger partial charge in [0.2, 0.25) is 6.08 Å². The van der Waals surface area contributed by atoms with Crippen molar-refractivity contribution in [2.45, 2.75) is 43.7 Å². The van der Waals surface area contributed by atoms with Gasteiger partial charge < -0.3 is 10.4 Å². The molecule has 0 radical (unpaired) electrons. The molecule has 2 rings (SSSR count). The van der Waals surface area contributed by atoms with Crippen molar-refractivity contribution in [3.63, 3.8) is 0 Å². The predicted molar refractivity (Wildman–Crippen MR) is 56.3 cm³/mol. The Labute approximate surface area is 89.8 Å². The third kappa shape index (κ3) is 1.98. The number of piperidine rings is 1. The van der Waals surface area contributed by atoms with Gasteiger partial charge in [0, 0.05) is 19.4 Å². The minimum absolute atomic E-state index is 0.335. The molecular weight excluding hydrogens is 192 g/mol. The average molecular weight is 210 g/mol. The summed E-state index contributed by atoms with van der Waals surface area (Å²) in [5.41, 5.74) is -0.976. The number of aliphatic hydroxyl groups is 1. The maximum absolute atomic E-state index is 10.5. The molecule has 2 aliphatic rings. The van der Waals surface area contributed by atoms with E-state index in [9.17, 15) is 9.90 Å². The van der Waals surface area contributed by atoms with Crippen LogP contribution in [0.5, 0.6) is 0 Å². The van der Waals surface area contributed by atoms with Crippen molar-refractivity contribution >= 4 is 6.08 Å². The fourth-order valence-electron chi connectivity index (χ4n) is 3.13. The maximum Gasteiger partial charge on any atom is 0.235 e. The summed E-state index contributed by atoms with van der Waals surface area (Å²) in [5, 5.41) is 13.1. The number of carbonyl (C=O) groups excluding carboxylic acids is 1. The van der Waals surface area contributed by atoms with Crippen LogP contribution >= 0.6 is 0 Å². The Morgan fingerprint density at radius 3 is 2.73 bits per heavy atom. The van der Waals surface area contributed by atoms with Crippen molar-refractivity contribution in [2.75, 3.05) is 13.1 Å². The fraction of sp³-hybridized carbons (Fsp3) is 0.909. The zero-order valence-corrected chi connectivity index (χ0v) is 9.12. The van der Waals surface area contributed by atoms with Crippen molar-refractivity contribution in [2.24, 2.45) is 10.9 Å². The van der Waals surface area contributed by atoms with E-state index >= 15 is 0 Å². The van der Waals surface area contributed by atoms with E-state index in [1.54, 1.807) is 6.08 Å². The van der Waals surface area contributed by atoms with Gasteiger partial charge in [-0.15, -0.1) is 0 Å². The summed E-state index contributed by atoms with van der Waals surface area (Å²) >= 11 is 0. The second-order valence-electron chi connectivity index (χ2n) is 5.20. The third-order valence-electron chi connectivity index (χ3n) is 3.70. The van der Waals surface area contributed by atoms with Gasteiger partial charge in [0.15, 0.2) is 0 Å². The first-order valence-corrected chi connectivity index (χ1v) is 5.60. The average Bonchev–Trinajstić information content (AvgIpc) is 2.16.